The normalized spacial score (nSPS) is 14.0. The summed E-state index contributed by atoms with van der Waals surface area (Å²) < 4.78 is 10.5. The van der Waals surface area contributed by atoms with E-state index in [1.807, 2.05) is 0 Å². The number of benzene rings is 1. The summed E-state index contributed by atoms with van der Waals surface area (Å²) in [6.45, 7) is 0. The SMILES string of the molecule is COc1ccc(NC(=O)Nc2nc3c(s2)CCCCCC3)c(OC)c1. The standard InChI is InChI=1S/C18H23N3O3S/c1-23-12-9-10-13(15(11-12)24-2)19-17(22)21-18-20-14-7-5-3-4-6-8-16(14)25-18/h9-11H,3-8H2,1-2H3,(H2,19,20,21,22). The lowest BCUT2D eigenvalue weighted by Gasteiger charge is -2.11. The second-order valence-electron chi connectivity index (χ2n) is 5.95. The molecule has 2 N–H and O–H groups in total. The molecule has 1 aliphatic rings. The van der Waals surface area contributed by atoms with Crippen molar-refractivity contribution in [2.75, 3.05) is 24.9 Å². The van der Waals surface area contributed by atoms with E-state index in [9.17, 15) is 4.79 Å². The van der Waals surface area contributed by atoms with E-state index in [2.05, 4.69) is 15.6 Å². The van der Waals surface area contributed by atoms with Gasteiger partial charge in [-0.15, -0.1) is 11.3 Å². The number of aromatic nitrogens is 1. The van der Waals surface area contributed by atoms with Gasteiger partial charge in [0.25, 0.3) is 0 Å². The molecule has 0 atom stereocenters. The Balaban J connectivity index is 1.67. The first-order chi connectivity index (χ1) is 12.2. The molecule has 7 heteroatoms. The zero-order valence-electron chi connectivity index (χ0n) is 14.6. The van der Waals surface area contributed by atoms with Gasteiger partial charge in [-0.1, -0.05) is 12.8 Å². The summed E-state index contributed by atoms with van der Waals surface area (Å²) in [5.41, 5.74) is 1.72. The maximum Gasteiger partial charge on any atom is 0.325 e. The van der Waals surface area contributed by atoms with Crippen LogP contribution in [-0.4, -0.2) is 25.2 Å². The minimum absolute atomic E-state index is 0.329. The lowest BCUT2D eigenvalue weighted by Crippen LogP contribution is -2.19. The number of nitrogens with zero attached hydrogens (tertiary/aromatic N) is 1. The molecule has 6 nitrogen and oxygen atoms in total. The van der Waals surface area contributed by atoms with Crippen molar-refractivity contribution in [3.63, 3.8) is 0 Å². The third-order valence-corrected chi connectivity index (χ3v) is 5.30. The molecule has 0 spiro atoms. The number of nitrogens with one attached hydrogen (secondary N) is 2. The van der Waals surface area contributed by atoms with Crippen LogP contribution in [0.25, 0.3) is 0 Å². The molecule has 0 saturated carbocycles. The third-order valence-electron chi connectivity index (χ3n) is 4.22. The number of ether oxygens (including phenoxy) is 2. The second-order valence-corrected chi connectivity index (χ2v) is 7.03. The zero-order valence-corrected chi connectivity index (χ0v) is 15.4. The Bertz CT molecular complexity index is 720. The molecule has 1 aromatic carbocycles. The number of carbonyl (C=O) groups excluding carboxylic acids is 1. The van der Waals surface area contributed by atoms with Crippen molar-refractivity contribution in [2.45, 2.75) is 38.5 Å². The summed E-state index contributed by atoms with van der Waals surface area (Å²) in [7, 11) is 3.14. The van der Waals surface area contributed by atoms with E-state index in [1.165, 1.54) is 30.6 Å². The molecule has 1 aromatic heterocycles. The smallest absolute Gasteiger partial charge is 0.325 e. The van der Waals surface area contributed by atoms with Gasteiger partial charge < -0.3 is 14.8 Å². The first-order valence-electron chi connectivity index (χ1n) is 8.48. The molecule has 1 heterocycles. The summed E-state index contributed by atoms with van der Waals surface area (Å²) >= 11 is 1.58. The summed E-state index contributed by atoms with van der Waals surface area (Å²) in [5.74, 6) is 1.21. The number of fused-ring (bicyclic) bond motifs is 1. The van der Waals surface area contributed by atoms with Crippen molar-refractivity contribution in [1.82, 2.24) is 4.98 Å². The first kappa shape index (κ1) is 17.5. The first-order valence-corrected chi connectivity index (χ1v) is 9.30. The Morgan fingerprint density at radius 3 is 2.64 bits per heavy atom. The molecule has 3 rings (SSSR count). The molecule has 1 aliphatic carbocycles. The van der Waals surface area contributed by atoms with E-state index in [4.69, 9.17) is 9.47 Å². The van der Waals surface area contributed by atoms with Crippen molar-refractivity contribution >= 4 is 28.2 Å². The van der Waals surface area contributed by atoms with Crippen LogP contribution in [-0.2, 0) is 12.8 Å². The number of hydrogen-bond acceptors (Lipinski definition) is 5. The maximum absolute atomic E-state index is 12.3. The highest BCUT2D eigenvalue weighted by atomic mass is 32.1. The molecule has 2 aromatic rings. The number of methoxy groups -OCH3 is 2. The minimum Gasteiger partial charge on any atom is -0.497 e. The molecular formula is C18H23N3O3S. The number of hydrogen-bond donors (Lipinski definition) is 2. The number of carbonyl (C=O) groups is 1. The Morgan fingerprint density at radius 1 is 1.08 bits per heavy atom. The fourth-order valence-corrected chi connectivity index (χ4v) is 3.96. The summed E-state index contributed by atoms with van der Waals surface area (Å²) in [6, 6.07) is 4.92. The predicted molar refractivity (Wildman–Crippen MR) is 100 cm³/mol. The van der Waals surface area contributed by atoms with Gasteiger partial charge in [-0.05, 0) is 37.8 Å². The van der Waals surface area contributed by atoms with Crippen LogP contribution in [0.3, 0.4) is 0 Å². The van der Waals surface area contributed by atoms with E-state index < -0.39 is 0 Å². The maximum atomic E-state index is 12.3. The van der Waals surface area contributed by atoms with Crippen molar-refractivity contribution in [3.8, 4) is 11.5 Å². The Labute approximate surface area is 151 Å². The number of rotatable bonds is 4. The minimum atomic E-state index is -0.329. The van der Waals surface area contributed by atoms with E-state index in [0.717, 1.165) is 18.5 Å². The van der Waals surface area contributed by atoms with E-state index in [1.54, 1.807) is 43.8 Å². The molecule has 0 bridgehead atoms. The second kappa shape index (κ2) is 8.20. The van der Waals surface area contributed by atoms with Crippen LogP contribution < -0.4 is 20.1 Å². The highest BCUT2D eigenvalue weighted by Crippen LogP contribution is 2.30. The number of amides is 2. The lowest BCUT2D eigenvalue weighted by atomic mass is 10.0. The summed E-state index contributed by atoms with van der Waals surface area (Å²) in [6.07, 6.45) is 6.97. The number of thiazole rings is 1. The molecule has 0 aliphatic heterocycles. The van der Waals surface area contributed by atoms with E-state index >= 15 is 0 Å². The van der Waals surface area contributed by atoms with Gasteiger partial charge in [-0.2, -0.15) is 0 Å². The van der Waals surface area contributed by atoms with Crippen LogP contribution in [0.4, 0.5) is 15.6 Å². The Hall–Kier alpha value is -2.28. The zero-order chi connectivity index (χ0) is 17.6. The highest BCUT2D eigenvalue weighted by molar-refractivity contribution is 7.15. The van der Waals surface area contributed by atoms with Gasteiger partial charge in [0.2, 0.25) is 0 Å². The molecule has 0 unspecified atom stereocenters. The van der Waals surface area contributed by atoms with Crippen molar-refractivity contribution < 1.29 is 14.3 Å². The van der Waals surface area contributed by atoms with Crippen LogP contribution in [0.15, 0.2) is 18.2 Å². The van der Waals surface area contributed by atoms with Crippen molar-refractivity contribution in [1.29, 1.82) is 0 Å². The van der Waals surface area contributed by atoms with Gasteiger partial charge >= 0.3 is 6.03 Å². The van der Waals surface area contributed by atoms with Gasteiger partial charge in [-0.3, -0.25) is 5.32 Å². The lowest BCUT2D eigenvalue weighted by molar-refractivity contribution is 0.262. The molecule has 0 radical (unpaired) electrons. The molecule has 25 heavy (non-hydrogen) atoms. The average Bonchev–Trinajstić information content (AvgIpc) is 2.95. The third kappa shape index (κ3) is 4.42. The van der Waals surface area contributed by atoms with Crippen LogP contribution in [0.1, 0.15) is 36.3 Å². The average molecular weight is 361 g/mol. The number of aryl methyl sites for hydroxylation is 2. The number of anilines is 2. The largest absolute Gasteiger partial charge is 0.497 e. The quantitative estimate of drug-likeness (QED) is 0.843. The van der Waals surface area contributed by atoms with Crippen LogP contribution in [0.2, 0.25) is 0 Å². The van der Waals surface area contributed by atoms with E-state index in [0.29, 0.717) is 22.3 Å². The molecule has 0 saturated heterocycles. The number of urea groups is 1. The predicted octanol–water partition coefficient (Wildman–Crippen LogP) is 4.46. The molecule has 134 valence electrons. The molecule has 2 amide bonds. The van der Waals surface area contributed by atoms with Gasteiger partial charge in [0, 0.05) is 10.9 Å². The van der Waals surface area contributed by atoms with E-state index in [-0.39, 0.29) is 6.03 Å². The van der Waals surface area contributed by atoms with Gasteiger partial charge in [0.1, 0.15) is 11.5 Å². The van der Waals surface area contributed by atoms with Crippen LogP contribution in [0.5, 0.6) is 11.5 Å². The molecule has 0 fully saturated rings. The Kier molecular flexibility index (Phi) is 5.75. The topological polar surface area (TPSA) is 72.5 Å². The fraction of sp³-hybridized carbons (Fsp3) is 0.444. The van der Waals surface area contributed by atoms with Gasteiger partial charge in [0.05, 0.1) is 25.6 Å². The van der Waals surface area contributed by atoms with Gasteiger partial charge in [0.15, 0.2) is 5.13 Å². The highest BCUT2D eigenvalue weighted by Gasteiger charge is 2.15. The van der Waals surface area contributed by atoms with Crippen molar-refractivity contribution in [2.24, 2.45) is 0 Å². The fourth-order valence-electron chi connectivity index (χ4n) is 2.91. The molecular weight excluding hydrogens is 338 g/mol. The van der Waals surface area contributed by atoms with Crippen molar-refractivity contribution in [3.05, 3.63) is 28.8 Å². The summed E-state index contributed by atoms with van der Waals surface area (Å²) in [5, 5.41) is 6.29. The van der Waals surface area contributed by atoms with Gasteiger partial charge in [-0.25, -0.2) is 9.78 Å². The van der Waals surface area contributed by atoms with Crippen LogP contribution >= 0.6 is 11.3 Å². The van der Waals surface area contributed by atoms with Crippen LogP contribution in [0, 0.1) is 0 Å². The monoisotopic (exact) mass is 361 g/mol. The Morgan fingerprint density at radius 2 is 1.88 bits per heavy atom. The summed E-state index contributed by atoms with van der Waals surface area (Å²) in [4.78, 5) is 18.2.